The fourth-order valence-electron chi connectivity index (χ4n) is 1.35. The van der Waals surface area contributed by atoms with E-state index in [1.807, 2.05) is 32.0 Å². The van der Waals surface area contributed by atoms with Crippen LogP contribution in [0.5, 0.6) is 0 Å². The Balaban J connectivity index is 3.01. The number of benzene rings is 1. The van der Waals surface area contributed by atoms with Crippen LogP contribution in [0.4, 0.5) is 5.69 Å². The van der Waals surface area contributed by atoms with E-state index < -0.39 is 10.0 Å². The lowest BCUT2D eigenvalue weighted by atomic mass is 10.1. The zero-order valence-corrected chi connectivity index (χ0v) is 10.8. The van der Waals surface area contributed by atoms with Gasteiger partial charge in [-0.2, -0.15) is 0 Å². The molecule has 0 bridgehead atoms. The molecule has 0 fully saturated rings. The van der Waals surface area contributed by atoms with Crippen molar-refractivity contribution in [2.75, 3.05) is 10.5 Å². The van der Waals surface area contributed by atoms with Gasteiger partial charge in [-0.25, -0.2) is 8.42 Å². The molecule has 0 saturated heterocycles. The summed E-state index contributed by atoms with van der Waals surface area (Å²) in [5.41, 5.74) is 7.55. The second kappa shape index (κ2) is 4.80. The topological polar surface area (TPSA) is 72.2 Å². The van der Waals surface area contributed by atoms with Crippen LogP contribution in [0.1, 0.15) is 11.1 Å². The number of thiocarbonyl (C=S) groups is 1. The standard InChI is InChI=1S/C10H14N2O2S2/c1-7-4-3-5-8(2)10(7)12-16(13,14)6-9(11)15/h3-5,12H,6H2,1-2H3,(H2,11,15). The molecule has 0 radical (unpaired) electrons. The maximum Gasteiger partial charge on any atom is 0.239 e. The van der Waals surface area contributed by atoms with Crippen LogP contribution in [0.25, 0.3) is 0 Å². The summed E-state index contributed by atoms with van der Waals surface area (Å²) < 4.78 is 25.8. The third-order valence-corrected chi connectivity index (χ3v) is 3.60. The van der Waals surface area contributed by atoms with Gasteiger partial charge in [-0.1, -0.05) is 30.4 Å². The number of rotatable bonds is 4. The van der Waals surface area contributed by atoms with E-state index in [2.05, 4.69) is 16.9 Å². The van der Waals surface area contributed by atoms with E-state index in [4.69, 9.17) is 5.73 Å². The Morgan fingerprint density at radius 3 is 2.31 bits per heavy atom. The van der Waals surface area contributed by atoms with E-state index in [-0.39, 0.29) is 10.7 Å². The van der Waals surface area contributed by atoms with Crippen LogP contribution < -0.4 is 10.5 Å². The first kappa shape index (κ1) is 12.9. The summed E-state index contributed by atoms with van der Waals surface area (Å²) in [6.45, 7) is 3.68. The number of hydrogen-bond acceptors (Lipinski definition) is 3. The summed E-state index contributed by atoms with van der Waals surface area (Å²) in [7, 11) is -3.50. The van der Waals surface area contributed by atoms with Crippen LogP contribution in [-0.2, 0) is 10.0 Å². The predicted molar refractivity (Wildman–Crippen MR) is 70.1 cm³/mol. The van der Waals surface area contributed by atoms with Crippen LogP contribution in [0, 0.1) is 13.8 Å². The molecule has 4 nitrogen and oxygen atoms in total. The normalized spacial score (nSPS) is 11.1. The number of nitrogens with one attached hydrogen (secondary N) is 1. The molecule has 3 N–H and O–H groups in total. The molecule has 0 heterocycles. The second-order valence-corrected chi connectivity index (χ2v) is 5.84. The van der Waals surface area contributed by atoms with Crippen LogP contribution in [-0.4, -0.2) is 19.2 Å². The Morgan fingerprint density at radius 1 is 1.38 bits per heavy atom. The van der Waals surface area contributed by atoms with Gasteiger partial charge in [-0.15, -0.1) is 0 Å². The van der Waals surface area contributed by atoms with Crippen molar-refractivity contribution in [1.29, 1.82) is 0 Å². The lowest BCUT2D eigenvalue weighted by molar-refractivity contribution is 0.605. The molecule has 6 heteroatoms. The first-order valence-corrected chi connectivity index (χ1v) is 6.73. The molecule has 0 unspecified atom stereocenters. The summed E-state index contributed by atoms with van der Waals surface area (Å²) in [6.07, 6.45) is 0. The average molecular weight is 258 g/mol. The Bertz CT molecular complexity index is 489. The van der Waals surface area contributed by atoms with Gasteiger partial charge in [-0.05, 0) is 25.0 Å². The van der Waals surface area contributed by atoms with Crippen molar-refractivity contribution in [2.45, 2.75) is 13.8 Å². The summed E-state index contributed by atoms with van der Waals surface area (Å²) in [6, 6.07) is 5.55. The van der Waals surface area contributed by atoms with Crippen molar-refractivity contribution in [3.63, 3.8) is 0 Å². The number of anilines is 1. The maximum absolute atomic E-state index is 11.6. The van der Waals surface area contributed by atoms with Gasteiger partial charge in [0.2, 0.25) is 10.0 Å². The minimum Gasteiger partial charge on any atom is -0.392 e. The van der Waals surface area contributed by atoms with Crippen LogP contribution in [0.15, 0.2) is 18.2 Å². The Morgan fingerprint density at radius 2 is 1.88 bits per heavy atom. The quantitative estimate of drug-likeness (QED) is 0.799. The summed E-state index contributed by atoms with van der Waals surface area (Å²) >= 11 is 4.58. The number of para-hydroxylation sites is 1. The Hall–Kier alpha value is -1.14. The highest BCUT2D eigenvalue weighted by Gasteiger charge is 2.14. The molecule has 0 aromatic heterocycles. The Labute approximate surface area is 101 Å². The van der Waals surface area contributed by atoms with Crippen molar-refractivity contribution < 1.29 is 8.42 Å². The molecule has 88 valence electrons. The van der Waals surface area contributed by atoms with Crippen molar-refractivity contribution in [2.24, 2.45) is 5.73 Å². The Kier molecular flexibility index (Phi) is 3.88. The van der Waals surface area contributed by atoms with Crippen molar-refractivity contribution in [3.05, 3.63) is 29.3 Å². The molecule has 0 spiro atoms. The number of aryl methyl sites for hydroxylation is 2. The van der Waals surface area contributed by atoms with E-state index in [0.29, 0.717) is 5.69 Å². The highest BCUT2D eigenvalue weighted by Crippen LogP contribution is 2.20. The highest BCUT2D eigenvalue weighted by atomic mass is 32.2. The van der Waals surface area contributed by atoms with E-state index >= 15 is 0 Å². The minimum absolute atomic E-state index is 0.0428. The van der Waals surface area contributed by atoms with Crippen molar-refractivity contribution in [3.8, 4) is 0 Å². The fourth-order valence-corrected chi connectivity index (χ4v) is 2.90. The monoisotopic (exact) mass is 258 g/mol. The van der Waals surface area contributed by atoms with Gasteiger partial charge in [-0.3, -0.25) is 4.72 Å². The largest absolute Gasteiger partial charge is 0.392 e. The lowest BCUT2D eigenvalue weighted by Gasteiger charge is -2.12. The first-order valence-electron chi connectivity index (χ1n) is 4.67. The van der Waals surface area contributed by atoms with Gasteiger partial charge in [0.05, 0.1) is 10.7 Å². The highest BCUT2D eigenvalue weighted by molar-refractivity contribution is 7.95. The van der Waals surface area contributed by atoms with E-state index in [9.17, 15) is 8.42 Å². The average Bonchev–Trinajstić information content (AvgIpc) is 2.09. The van der Waals surface area contributed by atoms with Gasteiger partial charge < -0.3 is 5.73 Å². The molecule has 0 aliphatic rings. The van der Waals surface area contributed by atoms with Gasteiger partial charge in [0.1, 0.15) is 5.75 Å². The van der Waals surface area contributed by atoms with E-state index in [0.717, 1.165) is 11.1 Å². The maximum atomic E-state index is 11.6. The molecular formula is C10H14N2O2S2. The zero-order valence-electron chi connectivity index (χ0n) is 9.15. The SMILES string of the molecule is Cc1cccc(C)c1NS(=O)(=O)CC(N)=S. The number of hydrogen-bond donors (Lipinski definition) is 2. The molecule has 1 rings (SSSR count). The number of sulfonamides is 1. The lowest BCUT2D eigenvalue weighted by Crippen LogP contribution is -2.26. The molecule has 1 aromatic carbocycles. The van der Waals surface area contributed by atoms with Gasteiger partial charge in [0, 0.05) is 0 Å². The van der Waals surface area contributed by atoms with Crippen LogP contribution in [0.3, 0.4) is 0 Å². The zero-order chi connectivity index (χ0) is 12.3. The predicted octanol–water partition coefficient (Wildman–Crippen LogP) is 1.33. The third kappa shape index (κ3) is 3.46. The first-order chi connectivity index (χ1) is 7.32. The molecule has 0 atom stereocenters. The summed E-state index contributed by atoms with van der Waals surface area (Å²) in [5, 5.41) is 0. The van der Waals surface area contributed by atoms with E-state index in [1.165, 1.54) is 0 Å². The van der Waals surface area contributed by atoms with Crippen molar-refractivity contribution >= 4 is 32.9 Å². The second-order valence-electron chi connectivity index (χ2n) is 3.59. The molecular weight excluding hydrogens is 244 g/mol. The smallest absolute Gasteiger partial charge is 0.239 e. The molecule has 0 aliphatic heterocycles. The molecule has 16 heavy (non-hydrogen) atoms. The van der Waals surface area contributed by atoms with Crippen molar-refractivity contribution in [1.82, 2.24) is 0 Å². The molecule has 1 aromatic rings. The summed E-state index contributed by atoms with van der Waals surface area (Å²) in [5.74, 6) is -0.337. The number of nitrogens with two attached hydrogens (primary N) is 1. The molecule has 0 saturated carbocycles. The van der Waals surface area contributed by atoms with Gasteiger partial charge >= 0.3 is 0 Å². The van der Waals surface area contributed by atoms with E-state index in [1.54, 1.807) is 0 Å². The molecule has 0 aliphatic carbocycles. The fraction of sp³-hybridized carbons (Fsp3) is 0.300. The molecule has 0 amide bonds. The third-order valence-electron chi connectivity index (χ3n) is 2.07. The van der Waals surface area contributed by atoms with Crippen LogP contribution >= 0.6 is 12.2 Å². The van der Waals surface area contributed by atoms with Gasteiger partial charge in [0.15, 0.2) is 0 Å². The van der Waals surface area contributed by atoms with Crippen LogP contribution in [0.2, 0.25) is 0 Å². The van der Waals surface area contributed by atoms with Gasteiger partial charge in [0.25, 0.3) is 0 Å². The summed E-state index contributed by atoms with van der Waals surface area (Å²) in [4.78, 5) is -0.0428. The minimum atomic E-state index is -3.50.